The maximum absolute atomic E-state index is 5.29. The van der Waals surface area contributed by atoms with Crippen molar-refractivity contribution in [2.75, 3.05) is 13.7 Å². The molecule has 1 rings (SSSR count). The first-order valence-electron chi connectivity index (χ1n) is 7.05. The van der Waals surface area contributed by atoms with E-state index in [1.807, 2.05) is 0 Å². The van der Waals surface area contributed by atoms with E-state index < -0.39 is 0 Å². The van der Waals surface area contributed by atoms with E-state index in [9.17, 15) is 0 Å². The third kappa shape index (κ3) is 4.84. The van der Waals surface area contributed by atoms with Gasteiger partial charge in [-0.15, -0.1) is 0 Å². The largest absolute Gasteiger partial charge is 0.383 e. The van der Waals surface area contributed by atoms with Gasteiger partial charge in [-0.2, -0.15) is 0 Å². The van der Waals surface area contributed by atoms with Gasteiger partial charge in [-0.25, -0.2) is 0 Å². The van der Waals surface area contributed by atoms with Gasteiger partial charge in [0.2, 0.25) is 0 Å². The van der Waals surface area contributed by atoms with Crippen LogP contribution < -0.4 is 5.32 Å². The summed E-state index contributed by atoms with van der Waals surface area (Å²) in [5.41, 5.74) is 0. The van der Waals surface area contributed by atoms with Crippen molar-refractivity contribution in [2.24, 2.45) is 5.92 Å². The summed E-state index contributed by atoms with van der Waals surface area (Å²) in [7, 11) is 1.81. The number of nitrogens with one attached hydrogen (secondary N) is 1. The topological polar surface area (TPSA) is 21.3 Å². The van der Waals surface area contributed by atoms with E-state index in [1.165, 1.54) is 44.9 Å². The fourth-order valence-corrected chi connectivity index (χ4v) is 2.91. The average Bonchev–Trinajstić information content (AvgIpc) is 2.30. The molecule has 0 bridgehead atoms. The summed E-state index contributed by atoms with van der Waals surface area (Å²) in [5, 5.41) is 3.80. The molecule has 0 aliphatic heterocycles. The molecule has 1 aliphatic carbocycles. The summed E-state index contributed by atoms with van der Waals surface area (Å²) in [6, 6.07) is 1.31. The van der Waals surface area contributed by atoms with Crippen molar-refractivity contribution < 1.29 is 4.74 Å². The van der Waals surface area contributed by atoms with E-state index in [-0.39, 0.29) is 0 Å². The summed E-state index contributed by atoms with van der Waals surface area (Å²) >= 11 is 0. The zero-order chi connectivity index (χ0) is 11.8. The SMILES string of the molecule is CCCC(COC)NC1CCCC(CC)C1. The Morgan fingerprint density at radius 2 is 2.12 bits per heavy atom. The highest BCUT2D eigenvalue weighted by molar-refractivity contribution is 4.80. The van der Waals surface area contributed by atoms with Gasteiger partial charge in [0.05, 0.1) is 6.61 Å². The highest BCUT2D eigenvalue weighted by Gasteiger charge is 2.22. The van der Waals surface area contributed by atoms with Gasteiger partial charge in [-0.1, -0.05) is 39.5 Å². The lowest BCUT2D eigenvalue weighted by molar-refractivity contribution is 0.145. The Hall–Kier alpha value is -0.0800. The monoisotopic (exact) mass is 227 g/mol. The maximum Gasteiger partial charge on any atom is 0.0615 e. The van der Waals surface area contributed by atoms with E-state index in [0.29, 0.717) is 6.04 Å². The van der Waals surface area contributed by atoms with Gasteiger partial charge in [0, 0.05) is 19.2 Å². The van der Waals surface area contributed by atoms with Gasteiger partial charge in [-0.05, 0) is 25.2 Å². The van der Waals surface area contributed by atoms with Crippen LogP contribution in [0.4, 0.5) is 0 Å². The molecule has 96 valence electrons. The molecule has 1 saturated carbocycles. The van der Waals surface area contributed by atoms with E-state index in [2.05, 4.69) is 19.2 Å². The average molecular weight is 227 g/mol. The van der Waals surface area contributed by atoms with Crippen LogP contribution in [0.25, 0.3) is 0 Å². The van der Waals surface area contributed by atoms with E-state index >= 15 is 0 Å². The Bertz CT molecular complexity index is 166. The Kier molecular flexibility index (Phi) is 7.06. The normalized spacial score (nSPS) is 27.9. The molecule has 0 aromatic heterocycles. The van der Waals surface area contributed by atoms with Crippen LogP contribution in [-0.2, 0) is 4.74 Å². The van der Waals surface area contributed by atoms with Crippen LogP contribution >= 0.6 is 0 Å². The minimum atomic E-state index is 0.565. The van der Waals surface area contributed by atoms with Crippen LogP contribution in [-0.4, -0.2) is 25.8 Å². The minimum Gasteiger partial charge on any atom is -0.383 e. The first-order chi connectivity index (χ1) is 7.80. The van der Waals surface area contributed by atoms with Gasteiger partial charge < -0.3 is 10.1 Å². The molecule has 3 unspecified atom stereocenters. The van der Waals surface area contributed by atoms with Crippen molar-refractivity contribution in [1.82, 2.24) is 5.32 Å². The molecule has 2 nitrogen and oxygen atoms in total. The molecule has 0 aromatic rings. The van der Waals surface area contributed by atoms with Crippen LogP contribution in [0.2, 0.25) is 0 Å². The highest BCUT2D eigenvalue weighted by Crippen LogP contribution is 2.26. The molecule has 0 amide bonds. The molecular formula is C14H29NO. The summed E-state index contributed by atoms with van der Waals surface area (Å²) < 4.78 is 5.29. The van der Waals surface area contributed by atoms with Crippen LogP contribution in [0.15, 0.2) is 0 Å². The van der Waals surface area contributed by atoms with E-state index in [0.717, 1.165) is 18.6 Å². The molecule has 0 saturated heterocycles. The Morgan fingerprint density at radius 3 is 2.75 bits per heavy atom. The van der Waals surface area contributed by atoms with Gasteiger partial charge in [0.25, 0.3) is 0 Å². The van der Waals surface area contributed by atoms with Crippen molar-refractivity contribution in [1.29, 1.82) is 0 Å². The third-order valence-electron chi connectivity index (χ3n) is 3.84. The predicted molar refractivity (Wildman–Crippen MR) is 69.7 cm³/mol. The zero-order valence-electron chi connectivity index (χ0n) is 11.3. The quantitative estimate of drug-likeness (QED) is 0.720. The summed E-state index contributed by atoms with van der Waals surface area (Å²) in [6.07, 6.45) is 9.41. The fraction of sp³-hybridized carbons (Fsp3) is 1.00. The molecule has 1 N–H and O–H groups in total. The molecule has 1 aliphatic rings. The number of rotatable bonds is 7. The Balaban J connectivity index is 2.31. The first kappa shape index (κ1) is 14.0. The highest BCUT2D eigenvalue weighted by atomic mass is 16.5. The molecule has 0 aromatic carbocycles. The van der Waals surface area contributed by atoms with Gasteiger partial charge in [0.1, 0.15) is 0 Å². The predicted octanol–water partition coefficient (Wildman–Crippen LogP) is 3.36. The fourth-order valence-electron chi connectivity index (χ4n) is 2.91. The standard InChI is InChI=1S/C14H29NO/c1-4-7-14(11-16-3)15-13-9-6-8-12(5-2)10-13/h12-15H,4-11H2,1-3H3. The minimum absolute atomic E-state index is 0.565. The van der Waals surface area contributed by atoms with Crippen molar-refractivity contribution in [3.05, 3.63) is 0 Å². The first-order valence-corrected chi connectivity index (χ1v) is 7.05. The van der Waals surface area contributed by atoms with Crippen molar-refractivity contribution in [3.63, 3.8) is 0 Å². The molecule has 16 heavy (non-hydrogen) atoms. The molecule has 0 spiro atoms. The number of hydrogen-bond acceptors (Lipinski definition) is 2. The maximum atomic E-state index is 5.29. The lowest BCUT2D eigenvalue weighted by Gasteiger charge is -2.32. The molecule has 0 heterocycles. The van der Waals surface area contributed by atoms with Gasteiger partial charge in [0.15, 0.2) is 0 Å². The summed E-state index contributed by atoms with van der Waals surface area (Å²) in [6.45, 7) is 5.44. The molecule has 1 fully saturated rings. The van der Waals surface area contributed by atoms with Crippen LogP contribution in [0, 0.1) is 5.92 Å². The van der Waals surface area contributed by atoms with E-state index in [4.69, 9.17) is 4.74 Å². The van der Waals surface area contributed by atoms with Crippen LogP contribution in [0.1, 0.15) is 58.8 Å². The number of ether oxygens (including phenoxy) is 1. The van der Waals surface area contributed by atoms with Crippen LogP contribution in [0.3, 0.4) is 0 Å². The number of hydrogen-bond donors (Lipinski definition) is 1. The third-order valence-corrected chi connectivity index (χ3v) is 3.84. The van der Waals surface area contributed by atoms with Gasteiger partial charge >= 0.3 is 0 Å². The summed E-state index contributed by atoms with van der Waals surface area (Å²) in [5.74, 6) is 0.955. The Labute approximate surface area is 101 Å². The lowest BCUT2D eigenvalue weighted by Crippen LogP contribution is -2.43. The van der Waals surface area contributed by atoms with Crippen LogP contribution in [0.5, 0.6) is 0 Å². The van der Waals surface area contributed by atoms with Crippen molar-refractivity contribution in [2.45, 2.75) is 70.9 Å². The number of methoxy groups -OCH3 is 1. The van der Waals surface area contributed by atoms with Crippen molar-refractivity contribution >= 4 is 0 Å². The Morgan fingerprint density at radius 1 is 1.31 bits per heavy atom. The van der Waals surface area contributed by atoms with Crippen molar-refractivity contribution in [3.8, 4) is 0 Å². The molecular weight excluding hydrogens is 198 g/mol. The molecule has 0 radical (unpaired) electrons. The van der Waals surface area contributed by atoms with E-state index in [1.54, 1.807) is 7.11 Å². The molecule has 2 heteroatoms. The smallest absolute Gasteiger partial charge is 0.0615 e. The zero-order valence-corrected chi connectivity index (χ0v) is 11.3. The van der Waals surface area contributed by atoms with Gasteiger partial charge in [-0.3, -0.25) is 0 Å². The summed E-state index contributed by atoms with van der Waals surface area (Å²) in [4.78, 5) is 0. The molecule has 3 atom stereocenters. The lowest BCUT2D eigenvalue weighted by atomic mass is 9.84. The second-order valence-corrected chi connectivity index (χ2v) is 5.25. The second kappa shape index (κ2) is 8.08. The second-order valence-electron chi connectivity index (χ2n) is 5.25.